The van der Waals surface area contributed by atoms with E-state index in [1.165, 1.54) is 26.4 Å². The molecule has 0 saturated carbocycles. The van der Waals surface area contributed by atoms with Gasteiger partial charge in [-0.2, -0.15) is 0 Å². The summed E-state index contributed by atoms with van der Waals surface area (Å²) in [5.41, 5.74) is 0.0122. The number of hydrogen-bond acceptors (Lipinski definition) is 6. The second-order valence-electron chi connectivity index (χ2n) is 5.37. The van der Waals surface area contributed by atoms with Gasteiger partial charge in [-0.1, -0.05) is 0 Å². The molecule has 0 aliphatic heterocycles. The van der Waals surface area contributed by atoms with Gasteiger partial charge in [0, 0.05) is 25.5 Å². The molecule has 0 bridgehead atoms. The molecule has 2 aromatic rings. The van der Waals surface area contributed by atoms with E-state index in [0.717, 1.165) is 13.0 Å². The molecule has 1 heterocycles. The van der Waals surface area contributed by atoms with Gasteiger partial charge in [-0.25, -0.2) is 4.79 Å². The average Bonchev–Trinajstić information content (AvgIpc) is 3.16. The van der Waals surface area contributed by atoms with E-state index in [4.69, 9.17) is 14.2 Å². The molecule has 0 aliphatic carbocycles. The molecule has 2 rings (SSSR count). The first-order valence-corrected chi connectivity index (χ1v) is 7.95. The molecule has 1 aromatic carbocycles. The summed E-state index contributed by atoms with van der Waals surface area (Å²) >= 11 is 0. The van der Waals surface area contributed by atoms with Crippen LogP contribution in [-0.2, 0) is 17.9 Å². The van der Waals surface area contributed by atoms with Crippen LogP contribution in [0.2, 0.25) is 0 Å². The number of nitrogens with zero attached hydrogens (tertiary/aromatic N) is 2. The minimum Gasteiger partial charge on any atom is -0.493 e. The summed E-state index contributed by atoms with van der Waals surface area (Å²) < 4.78 is 17.3. The summed E-state index contributed by atoms with van der Waals surface area (Å²) in [6.07, 6.45) is 3.98. The Labute approximate surface area is 150 Å². The van der Waals surface area contributed by atoms with E-state index in [0.29, 0.717) is 12.3 Å². The fraction of sp³-hybridized carbons (Fsp3) is 0.353. The quantitative estimate of drug-likeness (QED) is 0.417. The highest BCUT2D eigenvalue weighted by atomic mass is 16.6. The van der Waals surface area contributed by atoms with Crippen LogP contribution in [0.3, 0.4) is 0 Å². The third kappa shape index (κ3) is 5.13. The molecular formula is C17H21N3O6. The van der Waals surface area contributed by atoms with E-state index < -0.39 is 11.0 Å². The van der Waals surface area contributed by atoms with Crippen LogP contribution in [0.25, 0.3) is 0 Å². The lowest BCUT2D eigenvalue weighted by molar-refractivity contribution is -0.385. The summed E-state index contributed by atoms with van der Waals surface area (Å²) in [6.45, 7) is 0.958. The van der Waals surface area contributed by atoms with Crippen molar-refractivity contribution in [2.45, 2.75) is 19.6 Å². The van der Waals surface area contributed by atoms with E-state index in [2.05, 4.69) is 5.32 Å². The topological polar surface area (TPSA) is 105 Å². The van der Waals surface area contributed by atoms with Gasteiger partial charge in [0.05, 0.1) is 30.8 Å². The third-order valence-corrected chi connectivity index (χ3v) is 3.67. The molecule has 0 spiro atoms. The van der Waals surface area contributed by atoms with Crippen LogP contribution in [0.5, 0.6) is 11.5 Å². The van der Waals surface area contributed by atoms with Crippen LogP contribution in [0.15, 0.2) is 36.7 Å². The molecule has 0 atom stereocenters. The first-order valence-electron chi connectivity index (χ1n) is 7.95. The summed E-state index contributed by atoms with van der Waals surface area (Å²) in [6, 6.07) is 6.53. The van der Waals surface area contributed by atoms with Crippen molar-refractivity contribution in [2.75, 3.05) is 20.8 Å². The normalized spacial score (nSPS) is 10.2. The minimum atomic E-state index is -0.637. The van der Waals surface area contributed by atoms with Gasteiger partial charge >= 0.3 is 6.09 Å². The number of nitro groups is 1. The Bertz CT molecular complexity index is 745. The maximum absolute atomic E-state index is 11.8. The number of rotatable bonds is 9. The van der Waals surface area contributed by atoms with E-state index in [9.17, 15) is 14.9 Å². The minimum absolute atomic E-state index is 0.206. The number of ether oxygens (including phenoxy) is 3. The maximum atomic E-state index is 11.8. The highest BCUT2D eigenvalue weighted by molar-refractivity contribution is 5.67. The van der Waals surface area contributed by atoms with Crippen LogP contribution in [0.1, 0.15) is 12.0 Å². The number of methoxy groups -OCH3 is 2. The number of amides is 1. The van der Waals surface area contributed by atoms with Crippen molar-refractivity contribution in [3.8, 4) is 11.5 Å². The molecule has 1 N–H and O–H groups in total. The van der Waals surface area contributed by atoms with E-state index in [-0.39, 0.29) is 23.6 Å². The van der Waals surface area contributed by atoms with Crippen LogP contribution >= 0.6 is 0 Å². The lowest BCUT2D eigenvalue weighted by Gasteiger charge is -2.11. The number of carbonyl (C=O) groups excluding carboxylic acids is 1. The van der Waals surface area contributed by atoms with Gasteiger partial charge in [-0.3, -0.25) is 10.1 Å². The maximum Gasteiger partial charge on any atom is 0.407 e. The Morgan fingerprint density at radius 1 is 1.19 bits per heavy atom. The second kappa shape index (κ2) is 9.30. The molecule has 1 amide bonds. The van der Waals surface area contributed by atoms with Crippen molar-refractivity contribution < 1.29 is 23.9 Å². The van der Waals surface area contributed by atoms with Gasteiger partial charge in [0.1, 0.15) is 6.61 Å². The zero-order chi connectivity index (χ0) is 18.9. The lowest BCUT2D eigenvalue weighted by Crippen LogP contribution is -2.26. The smallest absolute Gasteiger partial charge is 0.407 e. The first-order chi connectivity index (χ1) is 12.5. The number of nitrogens with one attached hydrogen (secondary N) is 1. The van der Waals surface area contributed by atoms with Gasteiger partial charge < -0.3 is 24.1 Å². The van der Waals surface area contributed by atoms with Crippen LogP contribution in [0.4, 0.5) is 10.5 Å². The zero-order valence-corrected chi connectivity index (χ0v) is 14.6. The largest absolute Gasteiger partial charge is 0.493 e. The number of nitro benzene ring substituents is 1. The van der Waals surface area contributed by atoms with Crippen molar-refractivity contribution in [1.82, 2.24) is 9.88 Å². The molecule has 9 nitrogen and oxygen atoms in total. The Balaban J connectivity index is 1.88. The van der Waals surface area contributed by atoms with Gasteiger partial charge in [0.25, 0.3) is 5.69 Å². The van der Waals surface area contributed by atoms with Gasteiger partial charge in [0.15, 0.2) is 11.5 Å². The highest BCUT2D eigenvalue weighted by Crippen LogP contribution is 2.34. The highest BCUT2D eigenvalue weighted by Gasteiger charge is 2.20. The number of alkyl carbamates (subject to hydrolysis) is 1. The summed E-state index contributed by atoms with van der Waals surface area (Å²) in [5.74, 6) is 0.557. The molecular weight excluding hydrogens is 342 g/mol. The molecule has 9 heteroatoms. The SMILES string of the molecule is COc1cc(COC(=O)NCCCn2cccc2)c([N+](=O)[O-])cc1OC. The van der Waals surface area contributed by atoms with Gasteiger partial charge in [0.2, 0.25) is 0 Å². The molecule has 0 unspecified atom stereocenters. The predicted octanol–water partition coefficient (Wildman–Crippen LogP) is 2.73. The van der Waals surface area contributed by atoms with Gasteiger partial charge in [-0.15, -0.1) is 0 Å². The number of aryl methyl sites for hydroxylation is 1. The summed E-state index contributed by atoms with van der Waals surface area (Å²) in [5, 5.41) is 13.8. The predicted molar refractivity (Wildman–Crippen MR) is 93.4 cm³/mol. The molecule has 1 aromatic heterocycles. The van der Waals surface area contributed by atoms with E-state index in [1.54, 1.807) is 0 Å². The Morgan fingerprint density at radius 2 is 1.85 bits per heavy atom. The monoisotopic (exact) mass is 363 g/mol. The van der Waals surface area contributed by atoms with Crippen molar-refractivity contribution >= 4 is 11.8 Å². The van der Waals surface area contributed by atoms with Gasteiger partial charge in [-0.05, 0) is 24.6 Å². The Kier molecular flexibility index (Phi) is 6.84. The van der Waals surface area contributed by atoms with Crippen LogP contribution in [0, 0.1) is 10.1 Å². The molecule has 0 aliphatic rings. The van der Waals surface area contributed by atoms with Crippen molar-refractivity contribution in [2.24, 2.45) is 0 Å². The molecule has 0 fully saturated rings. The van der Waals surface area contributed by atoms with Crippen LogP contribution < -0.4 is 14.8 Å². The van der Waals surface area contributed by atoms with Crippen molar-refractivity contribution in [1.29, 1.82) is 0 Å². The standard InChI is InChI=1S/C17H21N3O6/c1-24-15-10-13(14(20(22)23)11-16(15)25-2)12-26-17(21)18-6-5-9-19-7-3-4-8-19/h3-4,7-8,10-11H,5-6,9,12H2,1-2H3,(H,18,21). The first kappa shape index (κ1) is 19.1. The van der Waals surface area contributed by atoms with Crippen molar-refractivity contribution in [3.05, 3.63) is 52.3 Å². The molecule has 26 heavy (non-hydrogen) atoms. The molecule has 140 valence electrons. The van der Waals surface area contributed by atoms with E-state index >= 15 is 0 Å². The van der Waals surface area contributed by atoms with Crippen LogP contribution in [-0.4, -0.2) is 36.3 Å². The Morgan fingerprint density at radius 3 is 2.46 bits per heavy atom. The number of aromatic nitrogens is 1. The van der Waals surface area contributed by atoms with Crippen molar-refractivity contribution in [3.63, 3.8) is 0 Å². The lowest BCUT2D eigenvalue weighted by atomic mass is 10.1. The number of benzene rings is 1. The third-order valence-electron chi connectivity index (χ3n) is 3.67. The Hall–Kier alpha value is -3.23. The fourth-order valence-corrected chi connectivity index (χ4v) is 2.36. The summed E-state index contributed by atoms with van der Waals surface area (Å²) in [4.78, 5) is 22.4. The average molecular weight is 363 g/mol. The second-order valence-corrected chi connectivity index (χ2v) is 5.37. The summed E-state index contributed by atoms with van der Waals surface area (Å²) in [7, 11) is 2.81. The van der Waals surface area contributed by atoms with E-state index in [1.807, 2.05) is 29.1 Å². The zero-order valence-electron chi connectivity index (χ0n) is 14.6. The molecule has 0 saturated heterocycles. The number of carbonyl (C=O) groups is 1. The fourth-order valence-electron chi connectivity index (χ4n) is 2.36. The number of hydrogen-bond donors (Lipinski definition) is 1. The molecule has 0 radical (unpaired) electrons.